The molecule has 0 amide bonds. The highest BCUT2D eigenvalue weighted by atomic mass is 35.5. The van der Waals surface area contributed by atoms with E-state index in [4.69, 9.17) is 16.6 Å². The summed E-state index contributed by atoms with van der Waals surface area (Å²) in [5.74, 6) is 0.747. The van der Waals surface area contributed by atoms with Crippen LogP contribution in [0.4, 0.5) is 5.95 Å². The van der Waals surface area contributed by atoms with Crippen molar-refractivity contribution in [1.82, 2.24) is 24.6 Å². The van der Waals surface area contributed by atoms with E-state index in [0.29, 0.717) is 10.7 Å². The van der Waals surface area contributed by atoms with Gasteiger partial charge in [-0.25, -0.2) is 14.6 Å². The van der Waals surface area contributed by atoms with Gasteiger partial charge in [0.05, 0.1) is 17.1 Å². The van der Waals surface area contributed by atoms with Crippen LogP contribution in [0.3, 0.4) is 0 Å². The highest BCUT2D eigenvalue weighted by Gasteiger charge is 2.19. The summed E-state index contributed by atoms with van der Waals surface area (Å²) in [6, 6.07) is 8.68. The van der Waals surface area contributed by atoms with Crippen molar-refractivity contribution in [2.24, 2.45) is 0 Å². The third-order valence-electron chi connectivity index (χ3n) is 5.16. The smallest absolute Gasteiger partial charge is 0.271 e. The second-order valence-corrected chi connectivity index (χ2v) is 7.35. The fourth-order valence-electron chi connectivity index (χ4n) is 3.45. The van der Waals surface area contributed by atoms with Crippen LogP contribution in [0.1, 0.15) is 12.6 Å². The van der Waals surface area contributed by atoms with E-state index in [2.05, 4.69) is 26.8 Å². The van der Waals surface area contributed by atoms with Crippen LogP contribution in [-0.4, -0.2) is 57.4 Å². The Labute approximate surface area is 168 Å². The van der Waals surface area contributed by atoms with Crippen LogP contribution in [0.25, 0.3) is 16.9 Å². The molecule has 1 N–H and O–H groups in total. The lowest BCUT2D eigenvalue weighted by Gasteiger charge is -2.34. The molecule has 1 saturated heterocycles. The van der Waals surface area contributed by atoms with Crippen LogP contribution < -0.4 is 10.5 Å². The summed E-state index contributed by atoms with van der Waals surface area (Å²) in [6.07, 6.45) is 1.79. The summed E-state index contributed by atoms with van der Waals surface area (Å²) in [7, 11) is 0. The molecule has 7 nitrogen and oxygen atoms in total. The van der Waals surface area contributed by atoms with Crippen LogP contribution >= 0.6 is 11.6 Å². The highest BCUT2D eigenvalue weighted by Crippen LogP contribution is 2.22. The van der Waals surface area contributed by atoms with Crippen molar-refractivity contribution in [2.75, 3.05) is 37.6 Å². The number of nitrogens with zero attached hydrogens (tertiary/aromatic N) is 5. The van der Waals surface area contributed by atoms with Gasteiger partial charge < -0.3 is 9.80 Å². The zero-order valence-electron chi connectivity index (χ0n) is 16.0. The van der Waals surface area contributed by atoms with Crippen molar-refractivity contribution in [1.29, 1.82) is 0 Å². The molecule has 0 saturated carbocycles. The lowest BCUT2D eigenvalue weighted by atomic mass is 10.2. The minimum Gasteiger partial charge on any atom is -0.338 e. The van der Waals surface area contributed by atoms with Gasteiger partial charge in [0.1, 0.15) is 0 Å². The van der Waals surface area contributed by atoms with Crippen molar-refractivity contribution in [3.63, 3.8) is 0 Å². The fourth-order valence-corrected chi connectivity index (χ4v) is 3.58. The zero-order chi connectivity index (χ0) is 19.7. The van der Waals surface area contributed by atoms with Gasteiger partial charge in [-0.3, -0.25) is 9.89 Å². The molecule has 0 unspecified atom stereocenters. The summed E-state index contributed by atoms with van der Waals surface area (Å²) < 4.78 is 1.49. The van der Waals surface area contributed by atoms with Gasteiger partial charge in [-0.2, -0.15) is 0 Å². The number of anilines is 1. The van der Waals surface area contributed by atoms with Gasteiger partial charge in [-0.05, 0) is 37.7 Å². The number of H-pyrrole nitrogens is 1. The average Bonchev–Trinajstić information content (AvgIpc) is 3.10. The number of nitrogens with one attached hydrogen (secondary N) is 1. The number of halogens is 1. The molecule has 1 aliphatic heterocycles. The van der Waals surface area contributed by atoms with Crippen LogP contribution in [-0.2, 0) is 0 Å². The molecular formula is C20H23ClN6O. The van der Waals surface area contributed by atoms with Crippen molar-refractivity contribution in [3.8, 4) is 16.9 Å². The molecule has 1 fully saturated rings. The van der Waals surface area contributed by atoms with E-state index in [9.17, 15) is 4.79 Å². The van der Waals surface area contributed by atoms with E-state index in [0.717, 1.165) is 55.6 Å². The minimum atomic E-state index is -0.142. The third kappa shape index (κ3) is 3.68. The standard InChI is InChI=1S/C20H23ClN6O/c1-3-25-8-10-26(11-9-25)20-22-13-17(14(2)23-20)18-12-19(28)27(24-18)16-6-4-15(21)5-7-16/h4-7,12-13,24H,3,8-11H2,1-2H3. The molecule has 3 heterocycles. The fraction of sp³-hybridized carbons (Fsp3) is 0.350. The van der Waals surface area contributed by atoms with Crippen LogP contribution in [0, 0.1) is 6.92 Å². The average molecular weight is 399 g/mol. The van der Waals surface area contributed by atoms with E-state index in [1.165, 1.54) is 4.68 Å². The van der Waals surface area contributed by atoms with Crippen molar-refractivity contribution < 1.29 is 0 Å². The molecule has 0 spiro atoms. The SMILES string of the molecule is CCN1CCN(c2ncc(-c3cc(=O)n(-c4ccc(Cl)cc4)[nH]3)c(C)n2)CC1. The van der Waals surface area contributed by atoms with Gasteiger partial charge in [0, 0.05) is 49.0 Å². The van der Waals surface area contributed by atoms with Crippen molar-refractivity contribution in [3.05, 3.63) is 57.6 Å². The Hall–Kier alpha value is -2.64. The molecule has 4 rings (SSSR count). The Bertz CT molecular complexity index is 1020. The number of aromatic amines is 1. The number of benzene rings is 1. The van der Waals surface area contributed by atoms with E-state index >= 15 is 0 Å². The Morgan fingerprint density at radius 2 is 1.86 bits per heavy atom. The van der Waals surface area contributed by atoms with Crippen molar-refractivity contribution in [2.45, 2.75) is 13.8 Å². The Balaban J connectivity index is 1.59. The maximum atomic E-state index is 12.4. The van der Waals surface area contributed by atoms with Gasteiger partial charge in [0.25, 0.3) is 5.56 Å². The molecule has 2 aromatic heterocycles. The predicted molar refractivity (Wildman–Crippen MR) is 111 cm³/mol. The molecule has 28 heavy (non-hydrogen) atoms. The first-order valence-corrected chi connectivity index (χ1v) is 9.82. The molecule has 1 aliphatic rings. The zero-order valence-corrected chi connectivity index (χ0v) is 16.8. The first kappa shape index (κ1) is 18.7. The van der Waals surface area contributed by atoms with Gasteiger partial charge in [-0.15, -0.1) is 0 Å². The number of aryl methyl sites for hydroxylation is 1. The minimum absolute atomic E-state index is 0.142. The van der Waals surface area contributed by atoms with E-state index in [-0.39, 0.29) is 5.56 Å². The number of hydrogen-bond acceptors (Lipinski definition) is 5. The lowest BCUT2D eigenvalue weighted by Crippen LogP contribution is -2.46. The summed E-state index contributed by atoms with van der Waals surface area (Å²) >= 11 is 5.94. The second-order valence-electron chi connectivity index (χ2n) is 6.91. The number of aromatic nitrogens is 4. The molecule has 8 heteroatoms. The van der Waals surface area contributed by atoms with Crippen LogP contribution in [0.15, 0.2) is 41.3 Å². The summed E-state index contributed by atoms with van der Waals surface area (Å²) in [5, 5.41) is 3.78. The lowest BCUT2D eigenvalue weighted by molar-refractivity contribution is 0.270. The quantitative estimate of drug-likeness (QED) is 0.731. The topological polar surface area (TPSA) is 70.0 Å². The van der Waals surface area contributed by atoms with Gasteiger partial charge in [0.15, 0.2) is 0 Å². The summed E-state index contributed by atoms with van der Waals surface area (Å²) in [4.78, 5) is 26.3. The van der Waals surface area contributed by atoms with E-state index in [1.807, 2.05) is 6.92 Å². The molecule has 0 atom stereocenters. The van der Waals surface area contributed by atoms with Gasteiger partial charge >= 0.3 is 0 Å². The molecule has 0 bridgehead atoms. The first-order valence-electron chi connectivity index (χ1n) is 9.44. The predicted octanol–water partition coefficient (Wildman–Crippen LogP) is 2.73. The monoisotopic (exact) mass is 398 g/mol. The Kier molecular flexibility index (Phi) is 5.19. The molecule has 146 valence electrons. The molecule has 0 aliphatic carbocycles. The Morgan fingerprint density at radius 3 is 2.50 bits per heavy atom. The number of piperazine rings is 1. The van der Waals surface area contributed by atoms with E-state index < -0.39 is 0 Å². The molecular weight excluding hydrogens is 376 g/mol. The number of hydrogen-bond donors (Lipinski definition) is 1. The van der Waals surface area contributed by atoms with Crippen LogP contribution in [0.2, 0.25) is 5.02 Å². The molecule has 1 aromatic carbocycles. The number of rotatable bonds is 4. The third-order valence-corrected chi connectivity index (χ3v) is 5.42. The first-order chi connectivity index (χ1) is 13.5. The molecule has 0 radical (unpaired) electrons. The summed E-state index contributed by atoms with van der Waals surface area (Å²) in [5.41, 5.74) is 2.94. The van der Waals surface area contributed by atoms with E-state index in [1.54, 1.807) is 36.5 Å². The largest absolute Gasteiger partial charge is 0.338 e. The van der Waals surface area contributed by atoms with Crippen molar-refractivity contribution >= 4 is 17.5 Å². The van der Waals surface area contributed by atoms with Crippen LogP contribution in [0.5, 0.6) is 0 Å². The van der Waals surface area contributed by atoms with Gasteiger partial charge in [-0.1, -0.05) is 18.5 Å². The molecule has 3 aromatic rings. The highest BCUT2D eigenvalue weighted by molar-refractivity contribution is 6.30. The normalized spacial score (nSPS) is 15.2. The van der Waals surface area contributed by atoms with Gasteiger partial charge in [0.2, 0.25) is 5.95 Å². The maximum Gasteiger partial charge on any atom is 0.271 e. The Morgan fingerprint density at radius 1 is 1.14 bits per heavy atom. The number of likely N-dealkylation sites (N-methyl/N-ethyl adjacent to an activating group) is 1. The summed E-state index contributed by atoms with van der Waals surface area (Å²) in [6.45, 7) is 9.11. The second kappa shape index (κ2) is 7.77. The maximum absolute atomic E-state index is 12.4.